The van der Waals surface area contributed by atoms with Crippen LogP contribution in [0.3, 0.4) is 0 Å². The molecular formula is C18H24N2O. The van der Waals surface area contributed by atoms with Gasteiger partial charge in [-0.2, -0.15) is 5.26 Å². The van der Waals surface area contributed by atoms with Gasteiger partial charge in [0.1, 0.15) is 0 Å². The van der Waals surface area contributed by atoms with Crippen LogP contribution >= 0.6 is 0 Å². The lowest BCUT2D eigenvalue weighted by molar-refractivity contribution is 0.0671. The molecule has 1 saturated heterocycles. The molecule has 1 aliphatic heterocycles. The summed E-state index contributed by atoms with van der Waals surface area (Å²) in [5.74, 6) is 0.414. The Hall–Kier alpha value is -1.37. The van der Waals surface area contributed by atoms with E-state index in [0.29, 0.717) is 5.92 Å². The molecule has 3 atom stereocenters. The summed E-state index contributed by atoms with van der Waals surface area (Å²) >= 11 is 0. The van der Waals surface area contributed by atoms with Crippen LogP contribution in [0.25, 0.3) is 0 Å². The molecule has 2 fully saturated rings. The second-order valence-corrected chi connectivity index (χ2v) is 6.48. The van der Waals surface area contributed by atoms with E-state index in [1.807, 2.05) is 18.2 Å². The van der Waals surface area contributed by atoms with Crippen LogP contribution in [0.2, 0.25) is 0 Å². The lowest BCUT2D eigenvalue weighted by Crippen LogP contribution is -2.48. The molecule has 1 aromatic rings. The molecule has 3 nitrogen and oxygen atoms in total. The monoisotopic (exact) mass is 284 g/mol. The lowest BCUT2D eigenvalue weighted by atomic mass is 9.60. The molecule has 0 bridgehead atoms. The van der Waals surface area contributed by atoms with Gasteiger partial charge in [-0.1, -0.05) is 36.8 Å². The topological polar surface area (TPSA) is 56.0 Å². The van der Waals surface area contributed by atoms with Gasteiger partial charge in [0, 0.05) is 5.92 Å². The van der Waals surface area contributed by atoms with Gasteiger partial charge in [0.05, 0.1) is 17.6 Å². The Balaban J connectivity index is 2.06. The Morgan fingerprint density at radius 1 is 1.10 bits per heavy atom. The van der Waals surface area contributed by atoms with Crippen LogP contribution in [0.15, 0.2) is 30.3 Å². The standard InChI is InChI=1S/C18H24N2O/c19-13-18(14-5-2-1-3-6-14,15-9-11-20-12-10-15)16-7-4-8-17(16)21/h1-3,5-6,15-17,20-21H,4,7-12H2/t16-,17-,18?/m0/s1. The van der Waals surface area contributed by atoms with E-state index in [2.05, 4.69) is 23.5 Å². The number of nitrogens with zero attached hydrogens (tertiary/aromatic N) is 1. The molecule has 1 unspecified atom stereocenters. The number of nitriles is 1. The Morgan fingerprint density at radius 2 is 1.81 bits per heavy atom. The van der Waals surface area contributed by atoms with Crippen LogP contribution in [0.5, 0.6) is 0 Å². The molecule has 0 aromatic heterocycles. The van der Waals surface area contributed by atoms with Crippen molar-refractivity contribution in [1.29, 1.82) is 5.26 Å². The maximum absolute atomic E-state index is 10.5. The molecule has 2 N–H and O–H groups in total. The average molecular weight is 284 g/mol. The highest BCUT2D eigenvalue weighted by molar-refractivity contribution is 5.36. The van der Waals surface area contributed by atoms with Crippen molar-refractivity contribution < 1.29 is 5.11 Å². The van der Waals surface area contributed by atoms with Crippen LogP contribution in [0, 0.1) is 23.2 Å². The summed E-state index contributed by atoms with van der Waals surface area (Å²) in [4.78, 5) is 0. The van der Waals surface area contributed by atoms with E-state index in [1.54, 1.807) is 0 Å². The van der Waals surface area contributed by atoms with E-state index in [-0.39, 0.29) is 12.0 Å². The van der Waals surface area contributed by atoms with Crippen molar-refractivity contribution in [2.24, 2.45) is 11.8 Å². The van der Waals surface area contributed by atoms with Gasteiger partial charge in [-0.15, -0.1) is 0 Å². The summed E-state index contributed by atoms with van der Waals surface area (Å²) in [6.07, 6.45) is 4.55. The van der Waals surface area contributed by atoms with E-state index in [1.165, 1.54) is 0 Å². The fraction of sp³-hybridized carbons (Fsp3) is 0.611. The first-order valence-corrected chi connectivity index (χ1v) is 8.14. The minimum absolute atomic E-state index is 0.0769. The molecule has 1 aliphatic carbocycles. The van der Waals surface area contributed by atoms with Crippen molar-refractivity contribution in [3.8, 4) is 6.07 Å². The maximum atomic E-state index is 10.5. The first-order valence-electron chi connectivity index (χ1n) is 8.14. The van der Waals surface area contributed by atoms with Crippen molar-refractivity contribution in [3.05, 3.63) is 35.9 Å². The normalized spacial score (nSPS) is 29.7. The van der Waals surface area contributed by atoms with Crippen molar-refractivity contribution in [2.75, 3.05) is 13.1 Å². The predicted molar refractivity (Wildman–Crippen MR) is 82.7 cm³/mol. The zero-order valence-electron chi connectivity index (χ0n) is 12.5. The van der Waals surface area contributed by atoms with E-state index >= 15 is 0 Å². The van der Waals surface area contributed by atoms with E-state index in [9.17, 15) is 10.4 Å². The zero-order chi connectivity index (χ0) is 14.7. The van der Waals surface area contributed by atoms with Crippen LogP contribution in [0.1, 0.15) is 37.7 Å². The van der Waals surface area contributed by atoms with Gasteiger partial charge in [-0.25, -0.2) is 0 Å². The number of piperidine rings is 1. The Bertz CT molecular complexity index is 504. The number of benzene rings is 1. The van der Waals surface area contributed by atoms with Crippen molar-refractivity contribution in [2.45, 2.75) is 43.6 Å². The van der Waals surface area contributed by atoms with Gasteiger partial charge in [0.25, 0.3) is 0 Å². The summed E-state index contributed by atoms with van der Waals surface area (Å²) < 4.78 is 0. The van der Waals surface area contributed by atoms with Crippen LogP contribution in [0.4, 0.5) is 0 Å². The molecule has 1 heterocycles. The molecule has 2 aliphatic rings. The minimum Gasteiger partial charge on any atom is -0.393 e. The Morgan fingerprint density at radius 3 is 2.38 bits per heavy atom. The number of aliphatic hydroxyl groups is 1. The third-order valence-electron chi connectivity index (χ3n) is 5.48. The van der Waals surface area contributed by atoms with E-state index in [0.717, 1.165) is 50.8 Å². The van der Waals surface area contributed by atoms with Crippen molar-refractivity contribution in [3.63, 3.8) is 0 Å². The highest BCUT2D eigenvalue weighted by Crippen LogP contribution is 2.49. The summed E-state index contributed by atoms with van der Waals surface area (Å²) in [5, 5.41) is 24.1. The van der Waals surface area contributed by atoms with Gasteiger partial charge in [-0.05, 0) is 50.3 Å². The molecule has 0 radical (unpaired) electrons. The molecule has 112 valence electrons. The molecule has 0 spiro atoms. The van der Waals surface area contributed by atoms with Crippen molar-refractivity contribution in [1.82, 2.24) is 5.32 Å². The largest absolute Gasteiger partial charge is 0.393 e. The first kappa shape index (κ1) is 14.6. The maximum Gasteiger partial charge on any atom is 0.0903 e. The van der Waals surface area contributed by atoms with Crippen LogP contribution in [-0.2, 0) is 5.41 Å². The number of nitrogens with one attached hydrogen (secondary N) is 1. The summed E-state index contributed by atoms with van der Waals surface area (Å²) in [6.45, 7) is 1.95. The number of hydrogen-bond donors (Lipinski definition) is 2. The smallest absolute Gasteiger partial charge is 0.0903 e. The average Bonchev–Trinajstić information content (AvgIpc) is 2.98. The fourth-order valence-electron chi connectivity index (χ4n) is 4.45. The van der Waals surface area contributed by atoms with Crippen LogP contribution < -0.4 is 5.32 Å². The van der Waals surface area contributed by atoms with E-state index < -0.39 is 5.41 Å². The molecule has 1 aromatic carbocycles. The molecule has 3 heteroatoms. The fourth-order valence-corrected chi connectivity index (χ4v) is 4.45. The minimum atomic E-state index is -0.528. The number of aliphatic hydroxyl groups excluding tert-OH is 1. The summed E-state index contributed by atoms with van der Waals surface area (Å²) in [5.41, 5.74) is 0.574. The summed E-state index contributed by atoms with van der Waals surface area (Å²) in [6, 6.07) is 12.9. The van der Waals surface area contributed by atoms with E-state index in [4.69, 9.17) is 0 Å². The SMILES string of the molecule is N#CC(c1ccccc1)(C1CCNCC1)[C@H]1CCC[C@@H]1O. The molecule has 1 saturated carbocycles. The second-order valence-electron chi connectivity index (χ2n) is 6.48. The Kier molecular flexibility index (Phi) is 4.28. The highest BCUT2D eigenvalue weighted by Gasteiger charge is 2.51. The lowest BCUT2D eigenvalue weighted by Gasteiger charge is -2.43. The number of rotatable bonds is 3. The highest BCUT2D eigenvalue weighted by atomic mass is 16.3. The zero-order valence-corrected chi connectivity index (χ0v) is 12.5. The number of hydrogen-bond acceptors (Lipinski definition) is 3. The van der Waals surface area contributed by atoms with Crippen LogP contribution in [-0.4, -0.2) is 24.3 Å². The van der Waals surface area contributed by atoms with Gasteiger partial charge < -0.3 is 10.4 Å². The summed E-state index contributed by atoms with van der Waals surface area (Å²) in [7, 11) is 0. The van der Waals surface area contributed by atoms with Gasteiger partial charge in [0.2, 0.25) is 0 Å². The van der Waals surface area contributed by atoms with Gasteiger partial charge >= 0.3 is 0 Å². The third kappa shape index (κ3) is 2.47. The Labute approximate surface area is 127 Å². The second kappa shape index (κ2) is 6.17. The molecule has 3 rings (SSSR count). The quantitative estimate of drug-likeness (QED) is 0.897. The molecule has 0 amide bonds. The predicted octanol–water partition coefficient (Wildman–Crippen LogP) is 2.61. The van der Waals surface area contributed by atoms with Gasteiger partial charge in [-0.3, -0.25) is 0 Å². The van der Waals surface area contributed by atoms with Crippen molar-refractivity contribution >= 4 is 0 Å². The van der Waals surface area contributed by atoms with Gasteiger partial charge in [0.15, 0.2) is 0 Å². The molecular weight excluding hydrogens is 260 g/mol. The first-order chi connectivity index (χ1) is 10.3. The third-order valence-corrected chi connectivity index (χ3v) is 5.48. The molecule has 21 heavy (non-hydrogen) atoms.